The normalized spacial score (nSPS) is 22.2. The second-order valence-electron chi connectivity index (χ2n) is 8.74. The monoisotopic (exact) mass is 437 g/mol. The van der Waals surface area contributed by atoms with E-state index in [2.05, 4.69) is 16.5 Å². The van der Waals surface area contributed by atoms with Crippen LogP contribution < -0.4 is 4.72 Å². The Morgan fingerprint density at radius 1 is 0.967 bits per heavy atom. The highest BCUT2D eigenvalue weighted by atomic mass is 32.2. The van der Waals surface area contributed by atoms with Crippen molar-refractivity contribution in [2.24, 2.45) is 0 Å². The fourth-order valence-corrected chi connectivity index (χ4v) is 5.72. The molecule has 1 unspecified atom stereocenters. The van der Waals surface area contributed by atoms with Crippen LogP contribution in [0.5, 0.6) is 0 Å². The fourth-order valence-electron chi connectivity index (χ4n) is 4.47. The maximum absolute atomic E-state index is 12.5. The third kappa shape index (κ3) is 7.52. The van der Waals surface area contributed by atoms with Crippen molar-refractivity contribution >= 4 is 15.9 Å². The van der Waals surface area contributed by atoms with E-state index < -0.39 is 10.2 Å². The minimum Gasteiger partial charge on any atom is -0.378 e. The van der Waals surface area contributed by atoms with Gasteiger partial charge in [-0.3, -0.25) is 4.72 Å². The van der Waals surface area contributed by atoms with Crippen LogP contribution in [0.1, 0.15) is 64.7 Å². The van der Waals surface area contributed by atoms with Crippen LogP contribution in [0.3, 0.4) is 0 Å². The first-order chi connectivity index (χ1) is 14.5. The highest BCUT2D eigenvalue weighted by molar-refractivity contribution is 7.90. The lowest BCUT2D eigenvalue weighted by molar-refractivity contribution is 0.0192. The molecule has 1 aromatic carbocycles. The van der Waals surface area contributed by atoms with Crippen molar-refractivity contribution in [2.45, 2.75) is 76.9 Å². The van der Waals surface area contributed by atoms with Gasteiger partial charge in [0.25, 0.3) is 0 Å². The summed E-state index contributed by atoms with van der Waals surface area (Å²) in [5.41, 5.74) is 0.602. The number of piperidine rings is 2. The first-order valence-electron chi connectivity index (χ1n) is 11.7. The number of nitrogens with zero attached hydrogens (tertiary/aromatic N) is 2. The van der Waals surface area contributed by atoms with E-state index in [0.717, 1.165) is 31.9 Å². The number of para-hydroxylation sites is 1. The Morgan fingerprint density at radius 2 is 1.70 bits per heavy atom. The second kappa shape index (κ2) is 12.0. The lowest BCUT2D eigenvalue weighted by Gasteiger charge is -2.33. The van der Waals surface area contributed by atoms with Crippen LogP contribution in [-0.2, 0) is 14.9 Å². The summed E-state index contributed by atoms with van der Waals surface area (Å²) in [5.74, 6) is 0. The summed E-state index contributed by atoms with van der Waals surface area (Å²) in [6, 6.07) is 9.81. The van der Waals surface area contributed by atoms with Gasteiger partial charge in [-0.1, -0.05) is 37.5 Å². The van der Waals surface area contributed by atoms with Gasteiger partial charge in [-0.15, -0.1) is 0 Å². The zero-order chi connectivity index (χ0) is 21.2. The summed E-state index contributed by atoms with van der Waals surface area (Å²) < 4.78 is 35.3. The van der Waals surface area contributed by atoms with Crippen LogP contribution >= 0.6 is 0 Å². The molecule has 6 nitrogen and oxygen atoms in total. The average molecular weight is 438 g/mol. The summed E-state index contributed by atoms with van der Waals surface area (Å²) in [6.45, 7) is 6.70. The summed E-state index contributed by atoms with van der Waals surface area (Å²) in [6.07, 6.45) is 10.7. The molecule has 170 valence electrons. The van der Waals surface area contributed by atoms with Crippen LogP contribution in [0.4, 0.5) is 5.69 Å². The van der Waals surface area contributed by atoms with E-state index in [9.17, 15) is 8.42 Å². The molecule has 2 heterocycles. The van der Waals surface area contributed by atoms with E-state index in [4.69, 9.17) is 4.74 Å². The van der Waals surface area contributed by atoms with Crippen molar-refractivity contribution in [1.29, 1.82) is 0 Å². The molecule has 0 aliphatic carbocycles. The first kappa shape index (κ1) is 23.5. The molecule has 0 aromatic heterocycles. The van der Waals surface area contributed by atoms with Crippen molar-refractivity contribution in [3.63, 3.8) is 0 Å². The predicted octanol–water partition coefficient (Wildman–Crippen LogP) is 4.26. The van der Waals surface area contributed by atoms with Crippen molar-refractivity contribution in [2.75, 3.05) is 37.5 Å². The molecule has 1 N–H and O–H groups in total. The number of rotatable bonds is 11. The summed E-state index contributed by atoms with van der Waals surface area (Å²) in [7, 11) is -3.48. The molecule has 0 amide bonds. The first-order valence-corrected chi connectivity index (χ1v) is 13.2. The van der Waals surface area contributed by atoms with E-state index in [-0.39, 0.29) is 6.10 Å². The van der Waals surface area contributed by atoms with Gasteiger partial charge >= 0.3 is 10.2 Å². The molecule has 3 rings (SSSR count). The summed E-state index contributed by atoms with van der Waals surface area (Å²) in [5, 5.41) is 0. The average Bonchev–Trinajstić information content (AvgIpc) is 2.75. The topological polar surface area (TPSA) is 61.9 Å². The maximum atomic E-state index is 12.5. The molecule has 1 atom stereocenters. The van der Waals surface area contributed by atoms with Crippen LogP contribution in [0.15, 0.2) is 30.3 Å². The molecular formula is C23H39N3O3S. The zero-order valence-corrected chi connectivity index (χ0v) is 19.3. The third-order valence-corrected chi connectivity index (χ3v) is 7.93. The highest BCUT2D eigenvalue weighted by Gasteiger charge is 2.28. The van der Waals surface area contributed by atoms with E-state index in [1.54, 1.807) is 12.1 Å². The van der Waals surface area contributed by atoms with Gasteiger partial charge in [0.05, 0.1) is 6.10 Å². The van der Waals surface area contributed by atoms with Crippen molar-refractivity contribution in [1.82, 2.24) is 9.21 Å². The number of anilines is 1. The quantitative estimate of drug-likeness (QED) is 0.526. The lowest BCUT2D eigenvalue weighted by atomic mass is 10.0. The van der Waals surface area contributed by atoms with Crippen molar-refractivity contribution in [3.8, 4) is 0 Å². The van der Waals surface area contributed by atoms with E-state index >= 15 is 0 Å². The maximum Gasteiger partial charge on any atom is 0.301 e. The van der Waals surface area contributed by atoms with Crippen LogP contribution in [0.2, 0.25) is 0 Å². The minimum absolute atomic E-state index is 0.183. The number of hydrogen-bond donors (Lipinski definition) is 1. The summed E-state index contributed by atoms with van der Waals surface area (Å²) >= 11 is 0. The van der Waals surface area contributed by atoms with Gasteiger partial charge in [-0.2, -0.15) is 12.7 Å². The Bertz CT molecular complexity index is 706. The van der Waals surface area contributed by atoms with Crippen molar-refractivity contribution in [3.05, 3.63) is 30.3 Å². The van der Waals surface area contributed by atoms with Crippen LogP contribution in [0.25, 0.3) is 0 Å². The Hall–Kier alpha value is -1.15. The van der Waals surface area contributed by atoms with Gasteiger partial charge in [-0.05, 0) is 70.7 Å². The molecule has 1 aromatic rings. The Labute approximate surface area is 183 Å². The van der Waals surface area contributed by atoms with Gasteiger partial charge in [0.1, 0.15) is 0 Å². The molecule has 0 radical (unpaired) electrons. The molecule has 0 spiro atoms. The van der Waals surface area contributed by atoms with E-state index in [0.29, 0.717) is 18.8 Å². The van der Waals surface area contributed by atoms with Gasteiger partial charge < -0.3 is 9.64 Å². The number of ether oxygens (including phenoxy) is 1. The number of hydrogen-bond acceptors (Lipinski definition) is 4. The second-order valence-corrected chi connectivity index (χ2v) is 10.4. The molecule has 0 bridgehead atoms. The van der Waals surface area contributed by atoms with Gasteiger partial charge in [0, 0.05) is 31.4 Å². The molecule has 30 heavy (non-hydrogen) atoms. The Balaban J connectivity index is 1.24. The molecule has 2 aliphatic heterocycles. The van der Waals surface area contributed by atoms with Crippen LogP contribution in [0, 0.1) is 0 Å². The molecule has 2 saturated heterocycles. The van der Waals surface area contributed by atoms with Crippen LogP contribution in [-0.4, -0.2) is 62.6 Å². The molecule has 2 aliphatic rings. The number of benzene rings is 1. The largest absolute Gasteiger partial charge is 0.378 e. The Kier molecular flexibility index (Phi) is 9.43. The van der Waals surface area contributed by atoms with Gasteiger partial charge in [0.2, 0.25) is 0 Å². The van der Waals surface area contributed by atoms with E-state index in [1.165, 1.54) is 55.9 Å². The molecule has 2 fully saturated rings. The minimum atomic E-state index is -3.48. The lowest BCUT2D eigenvalue weighted by Crippen LogP contribution is -2.43. The number of unbranched alkanes of at least 4 members (excludes halogenated alkanes) is 3. The smallest absolute Gasteiger partial charge is 0.301 e. The fraction of sp³-hybridized carbons (Fsp3) is 0.739. The molecular weight excluding hydrogens is 398 g/mol. The standard InChI is InChI=1S/C23H39N3O3S/c1-21-11-7-9-17-25(21)16-8-2-3-10-20-29-23-14-18-26(19-15-23)30(27,28)24-22-12-5-4-6-13-22/h4-6,12-13,21,23-24H,2-3,7-11,14-20H2,1H3. The molecule has 0 saturated carbocycles. The Morgan fingerprint density at radius 3 is 2.43 bits per heavy atom. The number of nitrogens with one attached hydrogen (secondary N) is 1. The summed E-state index contributed by atoms with van der Waals surface area (Å²) in [4.78, 5) is 2.65. The predicted molar refractivity (Wildman–Crippen MR) is 123 cm³/mol. The third-order valence-electron chi connectivity index (χ3n) is 6.40. The van der Waals surface area contributed by atoms with Crippen molar-refractivity contribution < 1.29 is 13.2 Å². The van der Waals surface area contributed by atoms with E-state index in [1.807, 2.05) is 18.2 Å². The highest BCUT2D eigenvalue weighted by Crippen LogP contribution is 2.20. The number of likely N-dealkylation sites (tertiary alicyclic amines) is 1. The van der Waals surface area contributed by atoms with Gasteiger partial charge in [0.15, 0.2) is 0 Å². The molecule has 7 heteroatoms. The van der Waals surface area contributed by atoms with Gasteiger partial charge in [-0.25, -0.2) is 0 Å². The SMILES string of the molecule is CC1CCCCN1CCCCCCOC1CCN(S(=O)(=O)Nc2ccccc2)CC1. The zero-order valence-electron chi connectivity index (χ0n) is 18.5.